The van der Waals surface area contributed by atoms with Crippen molar-refractivity contribution in [3.63, 3.8) is 0 Å². The normalized spacial score (nSPS) is 19.5. The van der Waals surface area contributed by atoms with Crippen LogP contribution in [0.5, 0.6) is 0 Å². The number of imidazole rings is 1. The molecule has 100 valence electrons. The van der Waals surface area contributed by atoms with E-state index in [4.69, 9.17) is 0 Å². The molecule has 1 N–H and O–H groups in total. The largest absolute Gasteiger partial charge is 0.330 e. The predicted molar refractivity (Wildman–Crippen MR) is 81.0 cm³/mol. The van der Waals surface area contributed by atoms with Crippen LogP contribution in [0, 0.1) is 5.92 Å². The van der Waals surface area contributed by atoms with Gasteiger partial charge in [-0.25, -0.2) is 4.98 Å². The van der Waals surface area contributed by atoms with E-state index in [1.54, 1.807) is 0 Å². The highest BCUT2D eigenvalue weighted by Gasteiger charge is 2.16. The lowest BCUT2D eigenvalue weighted by molar-refractivity contribution is 0.338. The molecule has 1 aliphatic heterocycles. The molecule has 2 aromatic rings. The average molecular weight is 320 g/mol. The zero-order valence-corrected chi connectivity index (χ0v) is 12.4. The van der Waals surface area contributed by atoms with Crippen LogP contribution < -0.4 is 5.32 Å². The topological polar surface area (TPSA) is 29.9 Å². The molecule has 0 amide bonds. The fraction of sp³-hybridized carbons (Fsp3) is 0.400. The molecular weight excluding hydrogens is 302 g/mol. The highest BCUT2D eigenvalue weighted by atomic mass is 79.9. The Hall–Kier alpha value is -1.13. The molecule has 1 atom stereocenters. The molecule has 3 nitrogen and oxygen atoms in total. The summed E-state index contributed by atoms with van der Waals surface area (Å²) >= 11 is 3.62. The van der Waals surface area contributed by atoms with E-state index in [2.05, 4.69) is 49.0 Å². The summed E-state index contributed by atoms with van der Waals surface area (Å²) < 4.78 is 3.40. The van der Waals surface area contributed by atoms with Crippen molar-refractivity contribution in [2.45, 2.75) is 19.4 Å². The maximum absolute atomic E-state index is 4.33. The first-order valence-electron chi connectivity index (χ1n) is 6.80. The fourth-order valence-electron chi connectivity index (χ4n) is 2.72. The molecule has 3 rings (SSSR count). The number of nitrogens with one attached hydrogen (secondary N) is 1. The van der Waals surface area contributed by atoms with Crippen molar-refractivity contribution < 1.29 is 0 Å². The Bertz CT molecular complexity index is 544. The lowest BCUT2D eigenvalue weighted by atomic mass is 9.99. The molecule has 0 bridgehead atoms. The molecule has 1 fully saturated rings. The van der Waals surface area contributed by atoms with Crippen LogP contribution in [0.3, 0.4) is 0 Å². The number of hydrogen-bond donors (Lipinski definition) is 1. The number of benzene rings is 1. The summed E-state index contributed by atoms with van der Waals surface area (Å²) in [7, 11) is 0. The number of halogens is 1. The molecule has 0 radical (unpaired) electrons. The van der Waals surface area contributed by atoms with Crippen LogP contribution >= 0.6 is 15.9 Å². The zero-order chi connectivity index (χ0) is 13.1. The van der Waals surface area contributed by atoms with Crippen molar-refractivity contribution in [2.24, 2.45) is 5.92 Å². The maximum Gasteiger partial charge on any atom is 0.0951 e. The predicted octanol–water partition coefficient (Wildman–Crippen LogP) is 3.31. The van der Waals surface area contributed by atoms with Gasteiger partial charge in [-0.3, -0.25) is 0 Å². The smallest absolute Gasteiger partial charge is 0.0951 e. The van der Waals surface area contributed by atoms with Gasteiger partial charge in [0.15, 0.2) is 0 Å². The minimum atomic E-state index is 0.712. The Kier molecular flexibility index (Phi) is 3.99. The van der Waals surface area contributed by atoms with Gasteiger partial charge in [-0.05, 0) is 37.9 Å². The third-order valence-corrected chi connectivity index (χ3v) is 4.41. The Balaban J connectivity index is 1.84. The van der Waals surface area contributed by atoms with E-state index in [1.807, 2.05) is 18.6 Å². The Morgan fingerprint density at radius 3 is 3.05 bits per heavy atom. The van der Waals surface area contributed by atoms with Gasteiger partial charge in [-0.2, -0.15) is 0 Å². The van der Waals surface area contributed by atoms with Crippen molar-refractivity contribution in [3.05, 3.63) is 41.3 Å². The molecule has 4 heteroatoms. The van der Waals surface area contributed by atoms with E-state index in [1.165, 1.54) is 24.1 Å². The first kappa shape index (κ1) is 12.9. The second kappa shape index (κ2) is 5.88. The summed E-state index contributed by atoms with van der Waals surface area (Å²) in [5, 5.41) is 3.47. The van der Waals surface area contributed by atoms with E-state index in [9.17, 15) is 0 Å². The van der Waals surface area contributed by atoms with Gasteiger partial charge in [0, 0.05) is 16.6 Å². The second-order valence-corrected chi connectivity index (χ2v) is 5.98. The molecule has 1 aliphatic rings. The lowest BCUT2D eigenvalue weighted by Gasteiger charge is -2.24. The van der Waals surface area contributed by atoms with Crippen LogP contribution in [0.1, 0.15) is 12.8 Å². The third kappa shape index (κ3) is 2.90. The van der Waals surface area contributed by atoms with Crippen LogP contribution in [-0.2, 0) is 6.54 Å². The van der Waals surface area contributed by atoms with E-state index < -0.39 is 0 Å². The van der Waals surface area contributed by atoms with Gasteiger partial charge in [0.05, 0.1) is 18.2 Å². The molecule has 1 aromatic heterocycles. The molecule has 1 aromatic carbocycles. The minimum absolute atomic E-state index is 0.712. The second-order valence-electron chi connectivity index (χ2n) is 5.12. The van der Waals surface area contributed by atoms with Gasteiger partial charge >= 0.3 is 0 Å². The summed E-state index contributed by atoms with van der Waals surface area (Å²) in [5.74, 6) is 0.712. The standard InChI is InChI=1S/C15H18BrN3/c16-14-6-2-1-5-13(14)15-9-18-11-19(15)10-12-4-3-7-17-8-12/h1-2,5-6,9,11-12,17H,3-4,7-8,10H2. The summed E-state index contributed by atoms with van der Waals surface area (Å²) in [4.78, 5) is 4.33. The van der Waals surface area contributed by atoms with E-state index >= 15 is 0 Å². The molecule has 0 aliphatic carbocycles. The number of nitrogens with zero attached hydrogens (tertiary/aromatic N) is 2. The summed E-state index contributed by atoms with van der Waals surface area (Å²) in [6.45, 7) is 3.33. The first-order valence-corrected chi connectivity index (χ1v) is 7.59. The van der Waals surface area contributed by atoms with Gasteiger partial charge < -0.3 is 9.88 Å². The maximum atomic E-state index is 4.33. The van der Waals surface area contributed by atoms with E-state index in [0.29, 0.717) is 5.92 Å². The van der Waals surface area contributed by atoms with Crippen molar-refractivity contribution in [1.82, 2.24) is 14.9 Å². The molecule has 0 spiro atoms. The zero-order valence-electron chi connectivity index (χ0n) is 10.8. The van der Waals surface area contributed by atoms with Gasteiger partial charge in [0.1, 0.15) is 0 Å². The van der Waals surface area contributed by atoms with Crippen molar-refractivity contribution in [2.75, 3.05) is 13.1 Å². The monoisotopic (exact) mass is 319 g/mol. The lowest BCUT2D eigenvalue weighted by Crippen LogP contribution is -2.32. The Morgan fingerprint density at radius 1 is 1.37 bits per heavy atom. The third-order valence-electron chi connectivity index (χ3n) is 3.72. The molecule has 2 heterocycles. The molecule has 0 saturated carbocycles. The van der Waals surface area contributed by atoms with Crippen LogP contribution in [0.25, 0.3) is 11.3 Å². The number of piperidine rings is 1. The number of hydrogen-bond acceptors (Lipinski definition) is 2. The van der Waals surface area contributed by atoms with Crippen LogP contribution in [-0.4, -0.2) is 22.6 Å². The first-order chi connectivity index (χ1) is 9.34. The van der Waals surface area contributed by atoms with Crippen molar-refractivity contribution >= 4 is 15.9 Å². The van der Waals surface area contributed by atoms with E-state index in [0.717, 1.165) is 24.1 Å². The highest BCUT2D eigenvalue weighted by molar-refractivity contribution is 9.10. The van der Waals surface area contributed by atoms with Crippen molar-refractivity contribution in [3.8, 4) is 11.3 Å². The number of aromatic nitrogens is 2. The Morgan fingerprint density at radius 2 is 2.26 bits per heavy atom. The molecular formula is C15H18BrN3. The van der Waals surface area contributed by atoms with Crippen LogP contribution in [0.4, 0.5) is 0 Å². The van der Waals surface area contributed by atoms with Crippen LogP contribution in [0.15, 0.2) is 41.3 Å². The quantitative estimate of drug-likeness (QED) is 0.940. The van der Waals surface area contributed by atoms with Gasteiger partial charge in [0.25, 0.3) is 0 Å². The SMILES string of the molecule is Brc1ccccc1-c1cncn1CC1CCCNC1. The van der Waals surface area contributed by atoms with Gasteiger partial charge in [-0.1, -0.05) is 34.1 Å². The van der Waals surface area contributed by atoms with Crippen molar-refractivity contribution in [1.29, 1.82) is 0 Å². The minimum Gasteiger partial charge on any atom is -0.330 e. The molecule has 19 heavy (non-hydrogen) atoms. The number of rotatable bonds is 3. The summed E-state index contributed by atoms with van der Waals surface area (Å²) in [6.07, 6.45) is 6.49. The summed E-state index contributed by atoms with van der Waals surface area (Å²) in [6, 6.07) is 8.32. The van der Waals surface area contributed by atoms with Crippen LogP contribution in [0.2, 0.25) is 0 Å². The summed E-state index contributed by atoms with van der Waals surface area (Å²) in [5.41, 5.74) is 2.40. The Labute approximate surface area is 122 Å². The molecule has 1 saturated heterocycles. The van der Waals surface area contributed by atoms with Gasteiger partial charge in [0.2, 0.25) is 0 Å². The molecule has 1 unspecified atom stereocenters. The fourth-order valence-corrected chi connectivity index (χ4v) is 3.21. The average Bonchev–Trinajstić information content (AvgIpc) is 2.88. The van der Waals surface area contributed by atoms with Gasteiger partial charge in [-0.15, -0.1) is 0 Å². The highest BCUT2D eigenvalue weighted by Crippen LogP contribution is 2.28. The van der Waals surface area contributed by atoms with E-state index in [-0.39, 0.29) is 0 Å².